The molecule has 0 aliphatic heterocycles. The normalized spacial score (nSPS) is 12.7. The molecule has 0 saturated carbocycles. The van der Waals surface area contributed by atoms with Gasteiger partial charge >= 0.3 is 0 Å². The van der Waals surface area contributed by atoms with E-state index in [0.717, 1.165) is 20.7 Å². The molecule has 1 aromatic heterocycles. The molecular weight excluding hydrogens is 310 g/mol. The highest BCUT2D eigenvalue weighted by molar-refractivity contribution is 9.10. The molecule has 1 heterocycles. The molecule has 4 heteroatoms. The highest BCUT2D eigenvalue weighted by Gasteiger charge is 2.14. The zero-order valence-corrected chi connectivity index (χ0v) is 12.8. The van der Waals surface area contributed by atoms with Gasteiger partial charge in [-0.05, 0) is 58.9 Å². The molecule has 1 aromatic carbocycles. The van der Waals surface area contributed by atoms with Crippen LogP contribution in [0.15, 0.2) is 40.2 Å². The van der Waals surface area contributed by atoms with Crippen LogP contribution >= 0.6 is 27.3 Å². The molecule has 0 fully saturated rings. The van der Waals surface area contributed by atoms with E-state index in [1.807, 2.05) is 49.6 Å². The zero-order valence-electron chi connectivity index (χ0n) is 10.4. The maximum atomic E-state index is 6.29. The topological polar surface area (TPSA) is 35.2 Å². The second-order valence-electron chi connectivity index (χ2n) is 4.35. The monoisotopic (exact) mass is 325 g/mol. The van der Waals surface area contributed by atoms with Crippen molar-refractivity contribution in [3.63, 3.8) is 0 Å². The Morgan fingerprint density at radius 3 is 2.67 bits per heavy atom. The molecule has 0 bridgehead atoms. The summed E-state index contributed by atoms with van der Waals surface area (Å²) in [6, 6.07) is 9.89. The average molecular weight is 326 g/mol. The van der Waals surface area contributed by atoms with Crippen LogP contribution in [0.4, 0.5) is 0 Å². The number of nitrogens with two attached hydrogens (primary N) is 1. The second kappa shape index (κ2) is 5.87. The predicted octanol–water partition coefficient (Wildman–Crippen LogP) is 4.35. The number of hydrogen-bond donors (Lipinski definition) is 1. The Bertz CT molecular complexity index is 524. The van der Waals surface area contributed by atoms with Crippen molar-refractivity contribution in [3.05, 3.63) is 50.6 Å². The van der Waals surface area contributed by atoms with E-state index in [0.29, 0.717) is 0 Å². The molecule has 0 amide bonds. The SMILES string of the molecule is CC(C)Oc1cccc(C(N)c2sccc2Br)c1. The number of benzene rings is 1. The first-order chi connectivity index (χ1) is 8.58. The molecule has 0 saturated heterocycles. The molecule has 18 heavy (non-hydrogen) atoms. The van der Waals surface area contributed by atoms with Crippen molar-refractivity contribution in [2.45, 2.75) is 26.0 Å². The van der Waals surface area contributed by atoms with Gasteiger partial charge in [-0.2, -0.15) is 0 Å². The van der Waals surface area contributed by atoms with Gasteiger partial charge in [0, 0.05) is 9.35 Å². The van der Waals surface area contributed by atoms with Gasteiger partial charge in [0.2, 0.25) is 0 Å². The summed E-state index contributed by atoms with van der Waals surface area (Å²) >= 11 is 5.18. The summed E-state index contributed by atoms with van der Waals surface area (Å²) in [7, 11) is 0. The van der Waals surface area contributed by atoms with Gasteiger partial charge in [-0.15, -0.1) is 11.3 Å². The van der Waals surface area contributed by atoms with Crippen molar-refractivity contribution in [2.24, 2.45) is 5.73 Å². The molecule has 1 atom stereocenters. The Kier molecular flexibility index (Phi) is 4.43. The summed E-state index contributed by atoms with van der Waals surface area (Å²) in [5.74, 6) is 0.866. The summed E-state index contributed by atoms with van der Waals surface area (Å²) in [5, 5.41) is 2.04. The zero-order chi connectivity index (χ0) is 13.1. The van der Waals surface area contributed by atoms with E-state index in [2.05, 4.69) is 15.9 Å². The first kappa shape index (κ1) is 13.6. The van der Waals surface area contributed by atoms with E-state index in [1.165, 1.54) is 0 Å². The van der Waals surface area contributed by atoms with Gasteiger partial charge in [0.25, 0.3) is 0 Å². The molecule has 2 rings (SSSR count). The van der Waals surface area contributed by atoms with Crippen LogP contribution in [0.2, 0.25) is 0 Å². The summed E-state index contributed by atoms with van der Waals surface area (Å²) in [6.07, 6.45) is 0.171. The van der Waals surface area contributed by atoms with E-state index >= 15 is 0 Å². The van der Waals surface area contributed by atoms with Gasteiger partial charge in [-0.1, -0.05) is 12.1 Å². The fourth-order valence-electron chi connectivity index (χ4n) is 1.73. The number of ether oxygens (including phenoxy) is 1. The van der Waals surface area contributed by atoms with E-state index in [1.54, 1.807) is 11.3 Å². The van der Waals surface area contributed by atoms with Crippen molar-refractivity contribution in [3.8, 4) is 5.75 Å². The smallest absolute Gasteiger partial charge is 0.120 e. The maximum absolute atomic E-state index is 6.29. The third-order valence-electron chi connectivity index (χ3n) is 2.52. The third-order valence-corrected chi connectivity index (χ3v) is 4.47. The molecule has 0 radical (unpaired) electrons. The van der Waals surface area contributed by atoms with Crippen molar-refractivity contribution < 1.29 is 4.74 Å². The minimum Gasteiger partial charge on any atom is -0.491 e. The van der Waals surface area contributed by atoms with Crippen molar-refractivity contribution in [1.29, 1.82) is 0 Å². The van der Waals surface area contributed by atoms with Gasteiger partial charge in [-0.25, -0.2) is 0 Å². The average Bonchev–Trinajstić information content (AvgIpc) is 2.74. The van der Waals surface area contributed by atoms with Crippen LogP contribution in [-0.2, 0) is 0 Å². The maximum Gasteiger partial charge on any atom is 0.120 e. The molecule has 0 aliphatic carbocycles. The first-order valence-corrected chi connectivity index (χ1v) is 7.50. The van der Waals surface area contributed by atoms with Crippen LogP contribution < -0.4 is 10.5 Å². The standard InChI is InChI=1S/C14H16BrNOS/c1-9(2)17-11-5-3-4-10(8-11)13(16)14-12(15)6-7-18-14/h3-9,13H,16H2,1-2H3. The Morgan fingerprint density at radius 1 is 1.28 bits per heavy atom. The van der Waals surface area contributed by atoms with Gasteiger partial charge in [-0.3, -0.25) is 0 Å². The van der Waals surface area contributed by atoms with Crippen molar-refractivity contribution in [2.75, 3.05) is 0 Å². The number of hydrogen-bond acceptors (Lipinski definition) is 3. The third kappa shape index (κ3) is 3.13. The molecule has 2 nitrogen and oxygen atoms in total. The lowest BCUT2D eigenvalue weighted by Crippen LogP contribution is -2.11. The predicted molar refractivity (Wildman–Crippen MR) is 80.3 cm³/mol. The van der Waals surface area contributed by atoms with Crippen LogP contribution in [-0.4, -0.2) is 6.10 Å². The quantitative estimate of drug-likeness (QED) is 0.907. The van der Waals surface area contributed by atoms with Gasteiger partial charge < -0.3 is 10.5 Å². The first-order valence-electron chi connectivity index (χ1n) is 5.83. The molecule has 1 unspecified atom stereocenters. The molecule has 2 aromatic rings. The van der Waals surface area contributed by atoms with Crippen LogP contribution in [0, 0.1) is 0 Å². The van der Waals surface area contributed by atoms with Crippen molar-refractivity contribution in [1.82, 2.24) is 0 Å². The fourth-order valence-corrected chi connectivity index (χ4v) is 3.38. The summed E-state index contributed by atoms with van der Waals surface area (Å²) in [6.45, 7) is 4.03. The minimum atomic E-state index is -0.116. The van der Waals surface area contributed by atoms with E-state index < -0.39 is 0 Å². The summed E-state index contributed by atoms with van der Waals surface area (Å²) < 4.78 is 6.75. The van der Waals surface area contributed by atoms with Crippen LogP contribution in [0.1, 0.15) is 30.3 Å². The summed E-state index contributed by atoms with van der Waals surface area (Å²) in [5.41, 5.74) is 7.35. The summed E-state index contributed by atoms with van der Waals surface area (Å²) in [4.78, 5) is 1.14. The van der Waals surface area contributed by atoms with E-state index in [9.17, 15) is 0 Å². The second-order valence-corrected chi connectivity index (χ2v) is 6.15. The largest absolute Gasteiger partial charge is 0.491 e. The molecule has 0 spiro atoms. The lowest BCUT2D eigenvalue weighted by Gasteiger charge is -2.14. The van der Waals surface area contributed by atoms with E-state index in [-0.39, 0.29) is 12.1 Å². The van der Waals surface area contributed by atoms with Crippen LogP contribution in [0.25, 0.3) is 0 Å². The highest BCUT2D eigenvalue weighted by Crippen LogP contribution is 2.32. The molecular formula is C14H16BrNOS. The van der Waals surface area contributed by atoms with Crippen LogP contribution in [0.5, 0.6) is 5.75 Å². The van der Waals surface area contributed by atoms with E-state index in [4.69, 9.17) is 10.5 Å². The Balaban J connectivity index is 2.25. The van der Waals surface area contributed by atoms with Gasteiger partial charge in [0.05, 0.1) is 12.1 Å². The van der Waals surface area contributed by atoms with Gasteiger partial charge in [0.15, 0.2) is 0 Å². The lowest BCUT2D eigenvalue weighted by atomic mass is 10.1. The number of rotatable bonds is 4. The Labute approximate surface area is 120 Å². The fraction of sp³-hybridized carbons (Fsp3) is 0.286. The minimum absolute atomic E-state index is 0.116. The highest BCUT2D eigenvalue weighted by atomic mass is 79.9. The molecule has 2 N–H and O–H groups in total. The van der Waals surface area contributed by atoms with Gasteiger partial charge in [0.1, 0.15) is 5.75 Å². The van der Waals surface area contributed by atoms with Crippen LogP contribution in [0.3, 0.4) is 0 Å². The number of halogens is 1. The van der Waals surface area contributed by atoms with Crippen molar-refractivity contribution >= 4 is 27.3 Å². The Hall–Kier alpha value is -0.840. The molecule has 96 valence electrons. The Morgan fingerprint density at radius 2 is 2.06 bits per heavy atom. The lowest BCUT2D eigenvalue weighted by molar-refractivity contribution is 0.242. The number of thiophene rings is 1. The molecule has 0 aliphatic rings.